The highest BCUT2D eigenvalue weighted by molar-refractivity contribution is 6.39. The molecule has 0 radical (unpaired) electrons. The summed E-state index contributed by atoms with van der Waals surface area (Å²) in [6, 6.07) is 10.5. The zero-order valence-electron chi connectivity index (χ0n) is 15.1. The van der Waals surface area contributed by atoms with Crippen molar-refractivity contribution in [1.82, 2.24) is 5.32 Å². The summed E-state index contributed by atoms with van der Waals surface area (Å²) in [6.07, 6.45) is 2.28. The molecule has 138 valence electrons. The van der Waals surface area contributed by atoms with Gasteiger partial charge in [-0.3, -0.25) is 4.79 Å². The number of halogens is 1. The lowest BCUT2D eigenvalue weighted by Crippen LogP contribution is -2.57. The maximum absolute atomic E-state index is 12.4. The van der Waals surface area contributed by atoms with E-state index in [0.29, 0.717) is 18.7 Å². The molecule has 3 N–H and O–H groups in total. The molecule has 0 bridgehead atoms. The Balaban J connectivity index is 0.00000225. The summed E-state index contributed by atoms with van der Waals surface area (Å²) in [5.74, 6) is -0.106. The molecule has 1 saturated carbocycles. The van der Waals surface area contributed by atoms with Crippen LogP contribution in [-0.4, -0.2) is 30.3 Å². The van der Waals surface area contributed by atoms with Crippen LogP contribution in [0.15, 0.2) is 35.5 Å². The number of amides is 1. The minimum absolute atomic E-state index is 0. The zero-order chi connectivity index (χ0) is 17.4. The first-order valence-electron chi connectivity index (χ1n) is 8.63. The fourth-order valence-corrected chi connectivity index (χ4v) is 3.54. The van der Waals surface area contributed by atoms with E-state index in [1.54, 1.807) is 0 Å². The zero-order valence-corrected chi connectivity index (χ0v) is 15.9. The molecule has 1 heterocycles. The van der Waals surface area contributed by atoms with Crippen molar-refractivity contribution in [2.24, 2.45) is 16.3 Å². The van der Waals surface area contributed by atoms with Gasteiger partial charge in [-0.1, -0.05) is 56.3 Å². The van der Waals surface area contributed by atoms with Gasteiger partial charge >= 0.3 is 0 Å². The molecule has 1 amide bonds. The molecule has 1 aliphatic carbocycles. The van der Waals surface area contributed by atoms with Gasteiger partial charge in [0.15, 0.2) is 0 Å². The first-order chi connectivity index (χ1) is 11.3. The van der Waals surface area contributed by atoms with Crippen molar-refractivity contribution in [1.29, 1.82) is 0 Å². The van der Waals surface area contributed by atoms with Crippen LogP contribution in [0, 0.1) is 5.41 Å². The van der Waals surface area contributed by atoms with Crippen molar-refractivity contribution in [3.63, 3.8) is 0 Å². The molecule has 1 atom stereocenters. The van der Waals surface area contributed by atoms with Gasteiger partial charge in [-0.25, -0.2) is 0 Å². The molecule has 0 spiro atoms. The summed E-state index contributed by atoms with van der Waals surface area (Å²) >= 11 is 0. The molecular weight excluding hydrogens is 338 g/mol. The first-order valence-corrected chi connectivity index (χ1v) is 8.63. The van der Waals surface area contributed by atoms with E-state index in [0.717, 1.165) is 12.8 Å². The quantitative estimate of drug-likeness (QED) is 0.861. The molecule has 5 nitrogen and oxygen atoms in total. The van der Waals surface area contributed by atoms with E-state index < -0.39 is 0 Å². The number of hydrogen-bond acceptors (Lipinski definition) is 4. The second-order valence-electron chi connectivity index (χ2n) is 8.13. The van der Waals surface area contributed by atoms with Crippen LogP contribution in [0.5, 0.6) is 0 Å². The molecule has 1 fully saturated rings. The lowest BCUT2D eigenvalue weighted by atomic mass is 9.61. The third kappa shape index (κ3) is 3.98. The molecule has 1 aliphatic heterocycles. The van der Waals surface area contributed by atoms with Crippen LogP contribution in [0.4, 0.5) is 0 Å². The Bertz CT molecular complexity index is 634. The van der Waals surface area contributed by atoms with Gasteiger partial charge in [0.2, 0.25) is 0 Å². The molecular formula is C19H28ClN3O2. The van der Waals surface area contributed by atoms with Gasteiger partial charge in [0.05, 0.1) is 0 Å². The summed E-state index contributed by atoms with van der Waals surface area (Å²) in [6.45, 7) is 6.87. The lowest BCUT2D eigenvalue weighted by molar-refractivity contribution is -0.116. The Hall–Kier alpha value is -1.59. The SMILES string of the molecule is CC(C)(C)C1CC(C(=O)NC2CC(CN)(c3ccccc3)C2)=NO1.Cl. The third-order valence-corrected chi connectivity index (χ3v) is 5.28. The molecule has 1 aromatic carbocycles. The van der Waals surface area contributed by atoms with Crippen molar-refractivity contribution in [2.45, 2.75) is 57.6 Å². The Kier molecular flexibility index (Phi) is 5.79. The molecule has 0 saturated heterocycles. The molecule has 0 aromatic heterocycles. The number of rotatable bonds is 4. The van der Waals surface area contributed by atoms with Crippen LogP contribution in [0.1, 0.15) is 45.6 Å². The normalized spacial score (nSPS) is 28.2. The highest BCUT2D eigenvalue weighted by Gasteiger charge is 2.45. The van der Waals surface area contributed by atoms with Gasteiger partial charge in [-0.05, 0) is 18.4 Å². The van der Waals surface area contributed by atoms with Crippen molar-refractivity contribution in [2.75, 3.05) is 6.54 Å². The predicted octanol–water partition coefficient (Wildman–Crippen LogP) is 2.77. The van der Waals surface area contributed by atoms with E-state index in [4.69, 9.17) is 10.6 Å². The van der Waals surface area contributed by atoms with E-state index in [9.17, 15) is 4.79 Å². The van der Waals surface area contributed by atoms with Gasteiger partial charge in [0.1, 0.15) is 11.8 Å². The molecule has 6 heteroatoms. The predicted molar refractivity (Wildman–Crippen MR) is 102 cm³/mol. The summed E-state index contributed by atoms with van der Waals surface area (Å²) in [5.41, 5.74) is 7.75. The number of carbonyl (C=O) groups excluding carboxylic acids is 1. The van der Waals surface area contributed by atoms with E-state index in [2.05, 4.69) is 43.4 Å². The molecule has 25 heavy (non-hydrogen) atoms. The monoisotopic (exact) mass is 365 g/mol. The fraction of sp³-hybridized carbons (Fsp3) is 0.579. The number of nitrogens with one attached hydrogen (secondary N) is 1. The minimum atomic E-state index is -0.106. The average Bonchev–Trinajstić information content (AvgIpc) is 3.01. The van der Waals surface area contributed by atoms with Gasteiger partial charge in [0, 0.05) is 29.8 Å². The van der Waals surface area contributed by atoms with Crippen LogP contribution < -0.4 is 11.1 Å². The first kappa shape index (κ1) is 19.7. The highest BCUT2D eigenvalue weighted by atomic mass is 35.5. The van der Waals surface area contributed by atoms with E-state index in [-0.39, 0.29) is 41.3 Å². The van der Waals surface area contributed by atoms with Gasteiger partial charge in [0.25, 0.3) is 5.91 Å². The van der Waals surface area contributed by atoms with Gasteiger partial charge < -0.3 is 15.9 Å². The van der Waals surface area contributed by atoms with E-state index in [1.807, 2.05) is 18.2 Å². The number of benzene rings is 1. The molecule has 1 unspecified atom stereocenters. The summed E-state index contributed by atoms with van der Waals surface area (Å²) in [5, 5.41) is 7.07. The average molecular weight is 366 g/mol. The van der Waals surface area contributed by atoms with Gasteiger partial charge in [-0.2, -0.15) is 0 Å². The Morgan fingerprint density at radius 2 is 1.96 bits per heavy atom. The number of carbonyl (C=O) groups is 1. The summed E-state index contributed by atoms with van der Waals surface area (Å²) < 4.78 is 0. The topological polar surface area (TPSA) is 76.7 Å². The Labute approximate surface area is 155 Å². The molecule has 1 aromatic rings. The molecule has 3 rings (SSSR count). The number of oxime groups is 1. The van der Waals surface area contributed by atoms with E-state index >= 15 is 0 Å². The largest absolute Gasteiger partial charge is 0.391 e. The number of nitrogens with zero attached hydrogens (tertiary/aromatic N) is 1. The highest BCUT2D eigenvalue weighted by Crippen LogP contribution is 2.43. The van der Waals surface area contributed by atoms with Crippen molar-refractivity contribution in [3.05, 3.63) is 35.9 Å². The van der Waals surface area contributed by atoms with Crippen LogP contribution >= 0.6 is 12.4 Å². The van der Waals surface area contributed by atoms with Crippen LogP contribution in [0.3, 0.4) is 0 Å². The smallest absolute Gasteiger partial charge is 0.269 e. The third-order valence-electron chi connectivity index (χ3n) is 5.28. The lowest BCUT2D eigenvalue weighted by Gasteiger charge is -2.47. The van der Waals surface area contributed by atoms with Crippen molar-refractivity contribution >= 4 is 24.0 Å². The number of hydrogen-bond donors (Lipinski definition) is 2. The summed E-state index contributed by atoms with van der Waals surface area (Å²) in [7, 11) is 0. The second-order valence-corrected chi connectivity index (χ2v) is 8.13. The number of nitrogens with two attached hydrogens (primary N) is 1. The molecule has 2 aliphatic rings. The van der Waals surface area contributed by atoms with Gasteiger partial charge in [-0.15, -0.1) is 12.4 Å². The maximum atomic E-state index is 12.4. The Morgan fingerprint density at radius 1 is 1.32 bits per heavy atom. The van der Waals surface area contributed by atoms with E-state index in [1.165, 1.54) is 5.56 Å². The summed E-state index contributed by atoms with van der Waals surface area (Å²) in [4.78, 5) is 17.8. The Morgan fingerprint density at radius 3 is 2.48 bits per heavy atom. The van der Waals surface area contributed by atoms with Crippen molar-refractivity contribution in [3.8, 4) is 0 Å². The maximum Gasteiger partial charge on any atom is 0.269 e. The fourth-order valence-electron chi connectivity index (χ4n) is 3.54. The minimum Gasteiger partial charge on any atom is -0.391 e. The second kappa shape index (κ2) is 7.34. The van der Waals surface area contributed by atoms with Crippen LogP contribution in [-0.2, 0) is 15.0 Å². The van der Waals surface area contributed by atoms with Crippen LogP contribution in [0.2, 0.25) is 0 Å². The van der Waals surface area contributed by atoms with Crippen molar-refractivity contribution < 1.29 is 9.63 Å². The van der Waals surface area contributed by atoms with Crippen LogP contribution in [0.25, 0.3) is 0 Å². The standard InChI is InChI=1S/C19H27N3O2.ClH/c1-18(2,3)16-9-15(22-24-16)17(23)21-14-10-19(11-14,12-20)13-7-5-4-6-8-13;/h4-8,14,16H,9-12,20H2,1-3H3,(H,21,23);1H.